The van der Waals surface area contributed by atoms with Gasteiger partial charge >= 0.3 is 0 Å². The van der Waals surface area contributed by atoms with Crippen molar-refractivity contribution in [2.75, 3.05) is 0 Å². The number of rotatable bonds is 7. The van der Waals surface area contributed by atoms with E-state index in [1.54, 1.807) is 0 Å². The SMILES string of the molecule is C=C(C)/C=C(\C)C(C)(C)c1c(-c2ccccc2)ccc(S(N)(F)C(C)CC)c1C. The average molecular weight is 414 g/mol. The Hall–Kier alpha value is -1.84. The van der Waals surface area contributed by atoms with Gasteiger partial charge in [-0.15, -0.1) is 0 Å². The maximum absolute atomic E-state index is 15.8. The van der Waals surface area contributed by atoms with Crippen molar-refractivity contribution in [3.8, 4) is 11.1 Å². The first-order chi connectivity index (χ1) is 13.4. The molecule has 158 valence electrons. The van der Waals surface area contributed by atoms with Crippen molar-refractivity contribution < 1.29 is 3.89 Å². The molecule has 2 atom stereocenters. The van der Waals surface area contributed by atoms with Crippen LogP contribution in [0.4, 0.5) is 3.89 Å². The standard InChI is InChI=1S/C26H36FNS/c1-9-20(5)29(27,28)24-16-15-23(22-13-11-10-12-14-22)25(21(24)6)26(7,8)19(4)17-18(2)3/h10-17,20H,2,9,28H2,1,3-8H3/b19-17+. The van der Waals surface area contributed by atoms with E-state index in [4.69, 9.17) is 5.14 Å². The predicted molar refractivity (Wildman–Crippen MR) is 129 cm³/mol. The lowest BCUT2D eigenvalue weighted by Crippen LogP contribution is -2.25. The largest absolute Gasteiger partial charge is 0.267 e. The molecule has 0 aliphatic rings. The summed E-state index contributed by atoms with van der Waals surface area (Å²) in [6.07, 6.45) is 2.84. The number of halogens is 1. The van der Waals surface area contributed by atoms with Gasteiger partial charge < -0.3 is 0 Å². The molecule has 2 unspecified atom stereocenters. The second-order valence-corrected chi connectivity index (χ2v) is 11.1. The molecule has 0 heterocycles. The zero-order chi connectivity index (χ0) is 22.0. The van der Waals surface area contributed by atoms with Crippen molar-refractivity contribution in [2.24, 2.45) is 5.14 Å². The number of benzene rings is 2. The van der Waals surface area contributed by atoms with Crippen molar-refractivity contribution in [3.63, 3.8) is 0 Å². The molecule has 1 nitrogen and oxygen atoms in total. The Morgan fingerprint density at radius 2 is 1.76 bits per heavy atom. The molecule has 29 heavy (non-hydrogen) atoms. The van der Waals surface area contributed by atoms with Crippen LogP contribution >= 0.6 is 10.6 Å². The van der Waals surface area contributed by atoms with Gasteiger partial charge in [0.05, 0.1) is 0 Å². The summed E-state index contributed by atoms with van der Waals surface area (Å²) in [6.45, 7) is 18.5. The Balaban J connectivity index is 2.86. The predicted octanol–water partition coefficient (Wildman–Crippen LogP) is 8.18. The van der Waals surface area contributed by atoms with E-state index in [1.165, 1.54) is 5.57 Å². The average Bonchev–Trinajstić information content (AvgIpc) is 2.66. The summed E-state index contributed by atoms with van der Waals surface area (Å²) in [4.78, 5) is 0.665. The van der Waals surface area contributed by atoms with Crippen LogP contribution in [0.5, 0.6) is 0 Å². The molecule has 0 aliphatic heterocycles. The van der Waals surface area contributed by atoms with Gasteiger partial charge in [0.1, 0.15) is 0 Å². The summed E-state index contributed by atoms with van der Waals surface area (Å²) in [5.74, 6) is 0. The number of nitrogens with two attached hydrogens (primary N) is 1. The Kier molecular flexibility index (Phi) is 7.19. The molecule has 0 fully saturated rings. The van der Waals surface area contributed by atoms with E-state index in [1.807, 2.05) is 52.0 Å². The van der Waals surface area contributed by atoms with Crippen LogP contribution in [-0.2, 0) is 5.41 Å². The fourth-order valence-electron chi connectivity index (χ4n) is 3.90. The smallest absolute Gasteiger partial charge is 0.0343 e. The van der Waals surface area contributed by atoms with E-state index < -0.39 is 10.6 Å². The fraction of sp³-hybridized carbons (Fsp3) is 0.385. The van der Waals surface area contributed by atoms with E-state index in [0.717, 1.165) is 34.2 Å². The van der Waals surface area contributed by atoms with Crippen molar-refractivity contribution >= 4 is 10.6 Å². The third-order valence-electron chi connectivity index (χ3n) is 6.07. The molecule has 0 saturated carbocycles. The molecule has 2 rings (SSSR count). The molecule has 3 heteroatoms. The van der Waals surface area contributed by atoms with Crippen LogP contribution in [0.25, 0.3) is 11.1 Å². The van der Waals surface area contributed by atoms with Gasteiger partial charge in [0.2, 0.25) is 0 Å². The van der Waals surface area contributed by atoms with Gasteiger partial charge in [-0.05, 0) is 66.1 Å². The van der Waals surface area contributed by atoms with E-state index in [0.29, 0.717) is 4.90 Å². The van der Waals surface area contributed by atoms with E-state index >= 15 is 3.89 Å². The monoisotopic (exact) mass is 413 g/mol. The molecule has 2 aromatic carbocycles. The molecular weight excluding hydrogens is 377 g/mol. The maximum atomic E-state index is 15.8. The van der Waals surface area contributed by atoms with E-state index in [-0.39, 0.29) is 10.7 Å². The quantitative estimate of drug-likeness (QED) is 0.455. The summed E-state index contributed by atoms with van der Waals surface area (Å²) in [6, 6.07) is 14.3. The highest BCUT2D eigenvalue weighted by Gasteiger charge is 2.34. The fourth-order valence-corrected chi connectivity index (χ4v) is 5.67. The molecule has 0 aliphatic carbocycles. The van der Waals surface area contributed by atoms with Gasteiger partial charge in [0.15, 0.2) is 0 Å². The molecule has 2 N–H and O–H groups in total. The topological polar surface area (TPSA) is 26.0 Å². The van der Waals surface area contributed by atoms with Gasteiger partial charge in [-0.2, -0.15) is 3.89 Å². The van der Waals surface area contributed by atoms with E-state index in [2.05, 4.69) is 51.6 Å². The van der Waals surface area contributed by atoms with Gasteiger partial charge in [-0.25, -0.2) is 0 Å². The van der Waals surface area contributed by atoms with Crippen molar-refractivity contribution in [2.45, 2.75) is 70.4 Å². The van der Waals surface area contributed by atoms with Crippen molar-refractivity contribution in [3.05, 3.63) is 77.4 Å². The molecule has 2 aromatic rings. The summed E-state index contributed by atoms with van der Waals surface area (Å²) in [5, 5.41) is 6.15. The highest BCUT2D eigenvalue weighted by Crippen LogP contribution is 2.58. The number of allylic oxidation sites excluding steroid dienone is 3. The first-order valence-corrected chi connectivity index (χ1v) is 11.9. The minimum absolute atomic E-state index is 0.188. The van der Waals surface area contributed by atoms with Crippen LogP contribution in [-0.4, -0.2) is 5.25 Å². The lowest BCUT2D eigenvalue weighted by atomic mass is 9.72. The zero-order valence-electron chi connectivity index (χ0n) is 19.0. The molecule has 0 bridgehead atoms. The number of hydrogen-bond donors (Lipinski definition) is 1. The lowest BCUT2D eigenvalue weighted by Gasteiger charge is -2.38. The molecule has 0 saturated heterocycles. The van der Waals surface area contributed by atoms with Crippen LogP contribution in [0, 0.1) is 6.92 Å². The van der Waals surface area contributed by atoms with Gasteiger partial charge in [-0.1, -0.05) is 87.9 Å². The molecule has 0 amide bonds. The zero-order valence-corrected chi connectivity index (χ0v) is 19.8. The highest BCUT2D eigenvalue weighted by molar-refractivity contribution is 8.28. The number of hydrogen-bond acceptors (Lipinski definition) is 1. The third-order valence-corrected chi connectivity index (χ3v) is 8.69. The minimum Gasteiger partial charge on any atom is -0.267 e. The second-order valence-electron chi connectivity index (χ2n) is 8.62. The molecular formula is C26H36FNS. The summed E-state index contributed by atoms with van der Waals surface area (Å²) in [5.41, 5.74) is 6.27. The van der Waals surface area contributed by atoms with E-state index in [9.17, 15) is 0 Å². The lowest BCUT2D eigenvalue weighted by molar-refractivity contribution is 0.617. The van der Waals surface area contributed by atoms with Crippen LogP contribution in [0.15, 0.2) is 71.2 Å². The maximum Gasteiger partial charge on any atom is 0.0343 e. The normalized spacial score (nSPS) is 16.8. The molecule has 0 radical (unpaired) electrons. The Morgan fingerprint density at radius 3 is 2.28 bits per heavy atom. The first-order valence-electron chi connectivity index (χ1n) is 10.3. The third kappa shape index (κ3) is 4.67. The van der Waals surface area contributed by atoms with Crippen LogP contribution < -0.4 is 5.14 Å². The molecule has 0 aromatic heterocycles. The Morgan fingerprint density at radius 1 is 1.17 bits per heavy atom. The van der Waals surface area contributed by atoms with Crippen molar-refractivity contribution in [1.82, 2.24) is 0 Å². The van der Waals surface area contributed by atoms with Gasteiger partial charge in [-0.3, -0.25) is 5.14 Å². The van der Waals surface area contributed by atoms with Crippen LogP contribution in [0.1, 0.15) is 59.1 Å². The summed E-state index contributed by atoms with van der Waals surface area (Å²) in [7, 11) is -2.89. The minimum atomic E-state index is -2.89. The first kappa shape index (κ1) is 23.4. The highest BCUT2D eigenvalue weighted by atomic mass is 32.3. The Labute approximate surface area is 178 Å². The molecule has 0 spiro atoms. The summed E-state index contributed by atoms with van der Waals surface area (Å²) >= 11 is 0. The van der Waals surface area contributed by atoms with Crippen LogP contribution in [0.3, 0.4) is 0 Å². The summed E-state index contributed by atoms with van der Waals surface area (Å²) < 4.78 is 15.8. The van der Waals surface area contributed by atoms with Crippen LogP contribution in [0.2, 0.25) is 0 Å². The van der Waals surface area contributed by atoms with Gasteiger partial charge in [0, 0.05) is 15.6 Å². The van der Waals surface area contributed by atoms with Gasteiger partial charge in [0.25, 0.3) is 0 Å². The Bertz CT molecular complexity index is 910. The second kappa shape index (κ2) is 8.89. The van der Waals surface area contributed by atoms with Crippen molar-refractivity contribution in [1.29, 1.82) is 0 Å².